The lowest BCUT2D eigenvalue weighted by Crippen LogP contribution is -2.40. The molecule has 0 unspecified atom stereocenters. The predicted octanol–water partition coefficient (Wildman–Crippen LogP) is 1.89. The van der Waals surface area contributed by atoms with E-state index in [1.54, 1.807) is 13.0 Å². The molecule has 1 aromatic rings. The third-order valence-electron chi connectivity index (χ3n) is 3.50. The number of benzene rings is 1. The number of hydrogen-bond acceptors (Lipinski definition) is 4. The molecular weight excluding hydrogens is 376 g/mol. The van der Waals surface area contributed by atoms with Gasteiger partial charge < -0.3 is 10.2 Å². The molecule has 1 fully saturated rings. The zero-order chi connectivity index (χ0) is 17.5. The number of para-hydroxylation sites is 1. The fourth-order valence-electron chi connectivity index (χ4n) is 2.29. The van der Waals surface area contributed by atoms with Crippen LogP contribution in [0.3, 0.4) is 0 Å². The topological polar surface area (TPSA) is 90.9 Å². The zero-order valence-corrected chi connectivity index (χ0v) is 14.9. The second-order valence-electron chi connectivity index (χ2n) is 5.49. The summed E-state index contributed by atoms with van der Waals surface area (Å²) in [6, 6.07) is 7.25. The largest absolute Gasteiger partial charge is 0.334 e. The molecular formula is C16H19BrN4O3. The molecule has 0 aromatic heterocycles. The Morgan fingerprint density at radius 2 is 1.88 bits per heavy atom. The van der Waals surface area contributed by atoms with E-state index in [9.17, 15) is 14.4 Å². The molecule has 0 bridgehead atoms. The Morgan fingerprint density at radius 3 is 2.54 bits per heavy atom. The van der Waals surface area contributed by atoms with Crippen LogP contribution in [0.4, 0.5) is 5.69 Å². The summed E-state index contributed by atoms with van der Waals surface area (Å²) in [5, 5.41) is 6.56. The number of hydrogen-bond donors (Lipinski definition) is 2. The molecule has 1 aromatic carbocycles. The minimum absolute atomic E-state index is 0.0134. The second-order valence-corrected chi connectivity index (χ2v) is 6.35. The van der Waals surface area contributed by atoms with Gasteiger partial charge in [0.05, 0.1) is 12.1 Å². The predicted molar refractivity (Wildman–Crippen MR) is 94.5 cm³/mol. The van der Waals surface area contributed by atoms with Crippen molar-refractivity contribution >= 4 is 45.1 Å². The van der Waals surface area contributed by atoms with Gasteiger partial charge >= 0.3 is 11.8 Å². The number of carbonyl (C=O) groups excluding carboxylic acids is 3. The lowest BCUT2D eigenvalue weighted by Gasteiger charge is -2.13. The van der Waals surface area contributed by atoms with Crippen molar-refractivity contribution in [1.82, 2.24) is 10.3 Å². The first-order valence-electron chi connectivity index (χ1n) is 7.64. The minimum atomic E-state index is -0.775. The molecule has 2 N–H and O–H groups in total. The molecule has 0 aliphatic carbocycles. The summed E-state index contributed by atoms with van der Waals surface area (Å²) in [5.74, 6) is -1.62. The van der Waals surface area contributed by atoms with Crippen LogP contribution in [0.2, 0.25) is 0 Å². The minimum Gasteiger partial charge on any atom is -0.334 e. The molecule has 0 atom stereocenters. The summed E-state index contributed by atoms with van der Waals surface area (Å²) in [6.07, 6.45) is 1.84. The van der Waals surface area contributed by atoms with E-state index in [0.717, 1.165) is 17.3 Å². The van der Waals surface area contributed by atoms with Gasteiger partial charge in [-0.05, 0) is 47.8 Å². The molecule has 7 nitrogen and oxygen atoms in total. The van der Waals surface area contributed by atoms with E-state index in [1.165, 1.54) is 4.90 Å². The van der Waals surface area contributed by atoms with E-state index in [-0.39, 0.29) is 12.3 Å². The average molecular weight is 395 g/mol. The molecule has 1 aliphatic heterocycles. The van der Waals surface area contributed by atoms with Gasteiger partial charge in [0.15, 0.2) is 0 Å². The summed E-state index contributed by atoms with van der Waals surface area (Å²) in [7, 11) is 0. The van der Waals surface area contributed by atoms with Crippen LogP contribution in [-0.4, -0.2) is 41.4 Å². The Bertz CT molecular complexity index is 669. The summed E-state index contributed by atoms with van der Waals surface area (Å²) in [4.78, 5) is 37.0. The van der Waals surface area contributed by atoms with Crippen molar-refractivity contribution in [3.8, 4) is 0 Å². The maximum absolute atomic E-state index is 12.0. The van der Waals surface area contributed by atoms with Gasteiger partial charge in [0.25, 0.3) is 0 Å². The van der Waals surface area contributed by atoms with Gasteiger partial charge in [0.2, 0.25) is 5.91 Å². The standard InChI is InChI=1S/C16H19BrN4O3/c1-11(10-14(22)18-13-7-3-2-6-12(13)17)19-20-15(23)16(24)21-8-4-5-9-21/h2-3,6-7H,4-5,8-10H2,1H3,(H,18,22)(H,20,23). The number of amides is 3. The smallest absolute Gasteiger partial charge is 0.329 e. The number of halogens is 1. The molecule has 0 radical (unpaired) electrons. The molecule has 8 heteroatoms. The third-order valence-corrected chi connectivity index (χ3v) is 4.19. The maximum atomic E-state index is 12.0. The summed E-state index contributed by atoms with van der Waals surface area (Å²) in [6.45, 7) is 2.81. The van der Waals surface area contributed by atoms with Gasteiger partial charge in [-0.1, -0.05) is 12.1 Å². The lowest BCUT2D eigenvalue weighted by atomic mass is 10.2. The van der Waals surface area contributed by atoms with Crippen LogP contribution in [0.1, 0.15) is 26.2 Å². The van der Waals surface area contributed by atoms with Crippen LogP contribution in [0, 0.1) is 0 Å². The number of likely N-dealkylation sites (tertiary alicyclic amines) is 1. The molecule has 3 amide bonds. The number of rotatable bonds is 4. The normalized spacial score (nSPS) is 14.4. The molecule has 0 spiro atoms. The first-order valence-corrected chi connectivity index (χ1v) is 8.43. The first kappa shape index (κ1) is 18.1. The molecule has 128 valence electrons. The molecule has 2 rings (SSSR count). The molecule has 1 heterocycles. The fraction of sp³-hybridized carbons (Fsp3) is 0.375. The summed E-state index contributed by atoms with van der Waals surface area (Å²) >= 11 is 3.34. The van der Waals surface area contributed by atoms with Gasteiger partial charge in [-0.2, -0.15) is 5.10 Å². The fourth-order valence-corrected chi connectivity index (χ4v) is 2.67. The lowest BCUT2D eigenvalue weighted by molar-refractivity contribution is -0.145. The maximum Gasteiger partial charge on any atom is 0.329 e. The molecule has 24 heavy (non-hydrogen) atoms. The molecule has 1 aliphatic rings. The Morgan fingerprint density at radius 1 is 1.21 bits per heavy atom. The number of nitrogens with one attached hydrogen (secondary N) is 2. The Hall–Kier alpha value is -2.22. The van der Waals surface area contributed by atoms with Gasteiger partial charge in [-0.25, -0.2) is 5.43 Å². The van der Waals surface area contributed by atoms with Crippen LogP contribution < -0.4 is 10.7 Å². The van der Waals surface area contributed by atoms with E-state index in [4.69, 9.17) is 0 Å². The van der Waals surface area contributed by atoms with E-state index in [0.29, 0.717) is 24.5 Å². The van der Waals surface area contributed by atoms with E-state index in [1.807, 2.05) is 18.2 Å². The number of carbonyl (C=O) groups is 3. The van der Waals surface area contributed by atoms with Crippen molar-refractivity contribution < 1.29 is 14.4 Å². The van der Waals surface area contributed by atoms with Crippen molar-refractivity contribution in [1.29, 1.82) is 0 Å². The van der Waals surface area contributed by atoms with Gasteiger partial charge in [0, 0.05) is 23.3 Å². The number of anilines is 1. The van der Waals surface area contributed by atoms with E-state index in [2.05, 4.69) is 31.8 Å². The zero-order valence-electron chi connectivity index (χ0n) is 13.3. The Balaban J connectivity index is 1.82. The SMILES string of the molecule is CC(CC(=O)Nc1ccccc1Br)=NNC(=O)C(=O)N1CCCC1. The molecule has 0 saturated carbocycles. The van der Waals surface area contributed by atoms with E-state index >= 15 is 0 Å². The highest BCUT2D eigenvalue weighted by molar-refractivity contribution is 9.10. The van der Waals surface area contributed by atoms with Gasteiger partial charge in [-0.15, -0.1) is 0 Å². The van der Waals surface area contributed by atoms with Crippen molar-refractivity contribution in [3.63, 3.8) is 0 Å². The monoisotopic (exact) mass is 394 g/mol. The van der Waals surface area contributed by atoms with Crippen LogP contribution in [0.15, 0.2) is 33.8 Å². The third kappa shape index (κ3) is 5.16. The molecule has 1 saturated heterocycles. The highest BCUT2D eigenvalue weighted by Gasteiger charge is 2.24. The van der Waals surface area contributed by atoms with E-state index < -0.39 is 11.8 Å². The average Bonchev–Trinajstić information content (AvgIpc) is 3.08. The number of nitrogens with zero attached hydrogens (tertiary/aromatic N) is 2. The Kier molecular flexibility index (Phi) is 6.48. The second kappa shape index (κ2) is 8.58. The summed E-state index contributed by atoms with van der Waals surface area (Å²) in [5.41, 5.74) is 3.27. The van der Waals surface area contributed by atoms with Crippen LogP contribution in [0.25, 0.3) is 0 Å². The highest BCUT2D eigenvalue weighted by atomic mass is 79.9. The van der Waals surface area contributed by atoms with Gasteiger partial charge in [0.1, 0.15) is 0 Å². The van der Waals surface area contributed by atoms with Crippen molar-refractivity contribution in [2.45, 2.75) is 26.2 Å². The van der Waals surface area contributed by atoms with Crippen molar-refractivity contribution in [3.05, 3.63) is 28.7 Å². The van der Waals surface area contributed by atoms with Crippen LogP contribution in [0.5, 0.6) is 0 Å². The Labute approximate surface area is 148 Å². The van der Waals surface area contributed by atoms with Crippen molar-refractivity contribution in [2.75, 3.05) is 18.4 Å². The first-order chi connectivity index (χ1) is 11.5. The van der Waals surface area contributed by atoms with Crippen molar-refractivity contribution in [2.24, 2.45) is 5.10 Å². The highest BCUT2D eigenvalue weighted by Crippen LogP contribution is 2.21. The van der Waals surface area contributed by atoms with Crippen LogP contribution in [-0.2, 0) is 14.4 Å². The quantitative estimate of drug-likeness (QED) is 0.464. The number of hydrazone groups is 1. The van der Waals surface area contributed by atoms with Crippen LogP contribution >= 0.6 is 15.9 Å². The van der Waals surface area contributed by atoms with Gasteiger partial charge in [-0.3, -0.25) is 14.4 Å². The summed E-state index contributed by atoms with van der Waals surface area (Å²) < 4.78 is 0.775.